The predicted molar refractivity (Wildman–Crippen MR) is 159 cm³/mol. The van der Waals surface area contributed by atoms with Gasteiger partial charge in [0.15, 0.2) is 0 Å². The van der Waals surface area contributed by atoms with Gasteiger partial charge in [0, 0.05) is 13.0 Å². The maximum atomic E-state index is 12.1. The van der Waals surface area contributed by atoms with Crippen molar-refractivity contribution in [1.29, 1.82) is 0 Å². The van der Waals surface area contributed by atoms with Gasteiger partial charge in [-0.3, -0.25) is 4.79 Å². The van der Waals surface area contributed by atoms with Crippen molar-refractivity contribution in [2.45, 2.75) is 187 Å². The van der Waals surface area contributed by atoms with Crippen molar-refractivity contribution in [2.24, 2.45) is 0 Å². The topological polar surface area (TPSA) is 55.8 Å². The molecule has 0 aromatic rings. The molecule has 222 valence electrons. The molecule has 0 fully saturated rings. The predicted octanol–water partition coefficient (Wildman–Crippen LogP) is 10.1. The van der Waals surface area contributed by atoms with Gasteiger partial charge in [-0.05, 0) is 12.8 Å². The first-order valence-electron chi connectivity index (χ1n) is 16.6. The molecule has 0 bridgehead atoms. The zero-order valence-corrected chi connectivity index (χ0v) is 25.3. The fraction of sp³-hybridized carbons (Fsp3) is 0.970. The van der Waals surface area contributed by atoms with E-state index in [-0.39, 0.29) is 12.6 Å². The van der Waals surface area contributed by atoms with Crippen LogP contribution in [0.5, 0.6) is 0 Å². The Balaban J connectivity index is 3.39. The summed E-state index contributed by atoms with van der Waals surface area (Å²) in [7, 11) is 0. The highest BCUT2D eigenvalue weighted by Crippen LogP contribution is 2.14. The summed E-state index contributed by atoms with van der Waals surface area (Å²) in [5.41, 5.74) is 0. The first-order valence-corrected chi connectivity index (χ1v) is 16.6. The van der Waals surface area contributed by atoms with Gasteiger partial charge in [-0.2, -0.15) is 0 Å². The molecule has 0 radical (unpaired) electrons. The third kappa shape index (κ3) is 29.8. The van der Waals surface area contributed by atoms with Crippen LogP contribution < -0.4 is 0 Å². The van der Waals surface area contributed by atoms with E-state index >= 15 is 0 Å². The zero-order valence-electron chi connectivity index (χ0n) is 25.3. The van der Waals surface area contributed by atoms with Gasteiger partial charge in [-0.1, -0.05) is 162 Å². The molecule has 0 aromatic heterocycles. The summed E-state index contributed by atoms with van der Waals surface area (Å²) in [5, 5.41) is 9.49. The Morgan fingerprint density at radius 3 is 1.27 bits per heavy atom. The van der Waals surface area contributed by atoms with Crippen LogP contribution >= 0.6 is 0 Å². The number of unbranched alkanes of at least 4 members (excludes halogenated alkanes) is 23. The van der Waals surface area contributed by atoms with Gasteiger partial charge in [0.25, 0.3) is 0 Å². The molecule has 0 amide bonds. The van der Waals surface area contributed by atoms with Crippen molar-refractivity contribution in [3.05, 3.63) is 0 Å². The van der Waals surface area contributed by atoms with Crippen molar-refractivity contribution in [3.63, 3.8) is 0 Å². The standard InChI is InChI=1S/C33H66O4/c1-3-5-7-9-11-13-14-15-16-17-18-19-20-22-24-26-28-33(35)37-32(30-34)31-36-29-27-25-23-21-12-10-8-6-4-2/h32,34H,3-31H2,1-2H3. The van der Waals surface area contributed by atoms with Gasteiger partial charge in [0.1, 0.15) is 6.10 Å². The summed E-state index contributed by atoms with van der Waals surface area (Å²) >= 11 is 0. The molecule has 4 nitrogen and oxygen atoms in total. The van der Waals surface area contributed by atoms with Crippen LogP contribution in [0.2, 0.25) is 0 Å². The summed E-state index contributed by atoms with van der Waals surface area (Å²) < 4.78 is 11.0. The Labute approximate surface area is 232 Å². The normalized spacial score (nSPS) is 12.2. The number of carbonyl (C=O) groups is 1. The van der Waals surface area contributed by atoms with Crippen molar-refractivity contribution in [1.82, 2.24) is 0 Å². The second-order valence-electron chi connectivity index (χ2n) is 11.3. The van der Waals surface area contributed by atoms with E-state index in [1.165, 1.54) is 141 Å². The second-order valence-corrected chi connectivity index (χ2v) is 11.3. The molecule has 0 aliphatic carbocycles. The summed E-state index contributed by atoms with van der Waals surface area (Å²) in [4.78, 5) is 12.1. The summed E-state index contributed by atoms with van der Waals surface area (Å²) in [6.07, 6.45) is 32.7. The Morgan fingerprint density at radius 1 is 0.541 bits per heavy atom. The van der Waals surface area contributed by atoms with Crippen LogP contribution in [0.1, 0.15) is 181 Å². The average molecular weight is 527 g/mol. The van der Waals surface area contributed by atoms with E-state index in [9.17, 15) is 9.90 Å². The molecule has 0 aromatic carbocycles. The molecule has 1 N–H and O–H groups in total. The highest BCUT2D eigenvalue weighted by molar-refractivity contribution is 5.69. The average Bonchev–Trinajstić information content (AvgIpc) is 2.90. The lowest BCUT2D eigenvalue weighted by molar-refractivity contribution is -0.154. The molecular formula is C33H66O4. The largest absolute Gasteiger partial charge is 0.457 e. The van der Waals surface area contributed by atoms with Crippen LogP contribution in [0.4, 0.5) is 0 Å². The maximum absolute atomic E-state index is 12.1. The third-order valence-corrected chi connectivity index (χ3v) is 7.43. The van der Waals surface area contributed by atoms with Crippen molar-refractivity contribution in [2.75, 3.05) is 19.8 Å². The van der Waals surface area contributed by atoms with E-state index in [2.05, 4.69) is 13.8 Å². The van der Waals surface area contributed by atoms with E-state index in [1.54, 1.807) is 0 Å². The minimum absolute atomic E-state index is 0.164. The van der Waals surface area contributed by atoms with Gasteiger partial charge < -0.3 is 14.6 Å². The molecule has 0 saturated heterocycles. The number of aliphatic hydroxyl groups is 1. The van der Waals surface area contributed by atoms with E-state index < -0.39 is 6.10 Å². The lowest BCUT2D eigenvalue weighted by Crippen LogP contribution is -2.27. The minimum Gasteiger partial charge on any atom is -0.457 e. The Morgan fingerprint density at radius 2 is 0.892 bits per heavy atom. The Kier molecular flexibility index (Phi) is 31.1. The van der Waals surface area contributed by atoms with Crippen molar-refractivity contribution in [3.8, 4) is 0 Å². The number of ether oxygens (including phenoxy) is 2. The minimum atomic E-state index is -0.521. The third-order valence-electron chi connectivity index (χ3n) is 7.43. The van der Waals surface area contributed by atoms with E-state index in [0.717, 1.165) is 19.3 Å². The highest BCUT2D eigenvalue weighted by atomic mass is 16.6. The molecule has 4 heteroatoms. The molecule has 0 aliphatic rings. The number of esters is 1. The maximum Gasteiger partial charge on any atom is 0.306 e. The SMILES string of the molecule is CCCCCCCCCCCCCCCCCCC(=O)OC(CO)COCCCCCCCCCCC. The quantitative estimate of drug-likeness (QED) is 0.0721. The summed E-state index contributed by atoms with van der Waals surface area (Å²) in [6.45, 7) is 5.36. The van der Waals surface area contributed by atoms with Gasteiger partial charge in [0.2, 0.25) is 0 Å². The van der Waals surface area contributed by atoms with E-state index in [4.69, 9.17) is 9.47 Å². The monoisotopic (exact) mass is 526 g/mol. The number of hydrogen-bond acceptors (Lipinski definition) is 4. The van der Waals surface area contributed by atoms with Gasteiger partial charge in [-0.25, -0.2) is 0 Å². The fourth-order valence-corrected chi connectivity index (χ4v) is 4.92. The molecule has 0 aliphatic heterocycles. The van der Waals surface area contributed by atoms with E-state index in [1.807, 2.05) is 0 Å². The first-order chi connectivity index (χ1) is 18.2. The summed E-state index contributed by atoms with van der Waals surface area (Å²) in [6, 6.07) is 0. The molecule has 37 heavy (non-hydrogen) atoms. The molecule has 1 unspecified atom stereocenters. The van der Waals surface area contributed by atoms with Crippen LogP contribution in [-0.2, 0) is 14.3 Å². The second kappa shape index (κ2) is 31.6. The van der Waals surface area contributed by atoms with Crippen LogP contribution in [0, 0.1) is 0 Å². The smallest absolute Gasteiger partial charge is 0.306 e. The molecular weight excluding hydrogens is 460 g/mol. The molecule has 0 saturated carbocycles. The highest BCUT2D eigenvalue weighted by Gasteiger charge is 2.13. The Bertz CT molecular complexity index is 440. The molecule has 0 spiro atoms. The number of aliphatic hydroxyl groups excluding tert-OH is 1. The molecule has 1 atom stereocenters. The van der Waals surface area contributed by atoms with Gasteiger partial charge in [0.05, 0.1) is 13.2 Å². The van der Waals surface area contributed by atoms with Crippen LogP contribution in [-0.4, -0.2) is 37.0 Å². The van der Waals surface area contributed by atoms with Crippen molar-refractivity contribution >= 4 is 5.97 Å². The van der Waals surface area contributed by atoms with Crippen LogP contribution in [0.3, 0.4) is 0 Å². The molecule has 0 rings (SSSR count). The van der Waals surface area contributed by atoms with Crippen LogP contribution in [0.25, 0.3) is 0 Å². The van der Waals surface area contributed by atoms with Gasteiger partial charge in [-0.15, -0.1) is 0 Å². The fourth-order valence-electron chi connectivity index (χ4n) is 4.92. The lowest BCUT2D eigenvalue weighted by atomic mass is 10.0. The van der Waals surface area contributed by atoms with Crippen LogP contribution in [0.15, 0.2) is 0 Å². The lowest BCUT2D eigenvalue weighted by Gasteiger charge is -2.16. The van der Waals surface area contributed by atoms with Crippen molar-refractivity contribution < 1.29 is 19.4 Å². The number of rotatable bonds is 31. The summed E-state index contributed by atoms with van der Waals surface area (Å²) in [5.74, 6) is -0.198. The van der Waals surface area contributed by atoms with Gasteiger partial charge >= 0.3 is 5.97 Å². The Hall–Kier alpha value is -0.610. The number of carbonyl (C=O) groups excluding carboxylic acids is 1. The number of hydrogen-bond donors (Lipinski definition) is 1. The van der Waals surface area contributed by atoms with E-state index in [0.29, 0.717) is 19.6 Å². The zero-order chi connectivity index (χ0) is 27.1. The molecule has 0 heterocycles. The first kappa shape index (κ1) is 36.4.